The van der Waals surface area contributed by atoms with Crippen LogP contribution in [0.3, 0.4) is 0 Å². The van der Waals surface area contributed by atoms with Crippen LogP contribution in [0.15, 0.2) is 90.1 Å². The fraction of sp³-hybridized carbons (Fsp3) is 0.324. The SMILES string of the molecule is COc1cc([C@@H](O)[C@H](CC2Cc3ccccc3C2)Cn2ccc(CC(=O)NS(=O)(=O)c3ccccc3)c2)cc(OC)c1C. The number of rotatable bonds is 12. The molecule has 5 rings (SSSR count). The maximum atomic E-state index is 12.6. The number of ether oxygens (including phenoxy) is 2. The summed E-state index contributed by atoms with van der Waals surface area (Å²) in [7, 11) is -0.735. The molecule has 0 saturated heterocycles. The molecule has 0 fully saturated rings. The van der Waals surface area contributed by atoms with Crippen LogP contribution in [-0.2, 0) is 40.6 Å². The van der Waals surface area contributed by atoms with Crippen LogP contribution in [-0.4, -0.2) is 38.2 Å². The summed E-state index contributed by atoms with van der Waals surface area (Å²) in [6, 6.07) is 21.9. The van der Waals surface area contributed by atoms with Crippen molar-refractivity contribution in [2.45, 2.75) is 50.2 Å². The number of aliphatic hydroxyl groups excluding tert-OH is 1. The highest BCUT2D eigenvalue weighted by Gasteiger charge is 2.30. The molecule has 3 aromatic carbocycles. The predicted octanol–water partition coefficient (Wildman–Crippen LogP) is 5.02. The maximum Gasteiger partial charge on any atom is 0.264 e. The molecule has 0 bridgehead atoms. The highest BCUT2D eigenvalue weighted by Crippen LogP contribution is 2.39. The van der Waals surface area contributed by atoms with Gasteiger partial charge in [-0.3, -0.25) is 4.79 Å². The molecule has 4 aromatic rings. The van der Waals surface area contributed by atoms with Gasteiger partial charge in [0.05, 0.1) is 31.6 Å². The molecule has 2 atom stereocenters. The number of nitrogens with zero attached hydrogens (tertiary/aromatic N) is 1. The number of hydrogen-bond donors (Lipinski definition) is 2. The minimum atomic E-state index is -3.94. The van der Waals surface area contributed by atoms with Gasteiger partial charge in [0.15, 0.2) is 0 Å². The number of aromatic nitrogens is 1. The molecule has 1 heterocycles. The van der Waals surface area contributed by atoms with Gasteiger partial charge in [-0.1, -0.05) is 42.5 Å². The summed E-state index contributed by atoms with van der Waals surface area (Å²) < 4.78 is 40.4. The van der Waals surface area contributed by atoms with E-state index in [1.54, 1.807) is 32.4 Å². The first-order chi connectivity index (χ1) is 20.7. The van der Waals surface area contributed by atoms with E-state index in [9.17, 15) is 18.3 Å². The Kier molecular flexibility index (Phi) is 9.22. The number of hydrogen-bond acceptors (Lipinski definition) is 6. The van der Waals surface area contributed by atoms with E-state index in [1.165, 1.54) is 23.3 Å². The van der Waals surface area contributed by atoms with Gasteiger partial charge < -0.3 is 19.1 Å². The summed E-state index contributed by atoms with van der Waals surface area (Å²) >= 11 is 0. The quantitative estimate of drug-likeness (QED) is 0.236. The second kappa shape index (κ2) is 13.1. The van der Waals surface area contributed by atoms with Gasteiger partial charge in [0.1, 0.15) is 11.5 Å². The number of carbonyl (C=O) groups excluding carboxylic acids is 1. The van der Waals surface area contributed by atoms with Crippen LogP contribution < -0.4 is 14.2 Å². The lowest BCUT2D eigenvalue weighted by Gasteiger charge is -2.27. The first-order valence-electron chi connectivity index (χ1n) is 14.4. The lowest BCUT2D eigenvalue weighted by molar-refractivity contribution is -0.118. The molecule has 9 heteroatoms. The average molecular weight is 603 g/mol. The summed E-state index contributed by atoms with van der Waals surface area (Å²) in [5, 5.41) is 11.8. The minimum Gasteiger partial charge on any atom is -0.496 e. The Morgan fingerprint density at radius 3 is 2.19 bits per heavy atom. The van der Waals surface area contributed by atoms with Crippen molar-refractivity contribution in [1.82, 2.24) is 9.29 Å². The summed E-state index contributed by atoms with van der Waals surface area (Å²) in [6.07, 6.45) is 5.55. The minimum absolute atomic E-state index is 0.0381. The van der Waals surface area contributed by atoms with E-state index < -0.39 is 22.0 Å². The summed E-state index contributed by atoms with van der Waals surface area (Å²) in [4.78, 5) is 12.7. The topological polar surface area (TPSA) is 107 Å². The van der Waals surface area contributed by atoms with Crippen molar-refractivity contribution in [1.29, 1.82) is 0 Å². The highest BCUT2D eigenvalue weighted by molar-refractivity contribution is 7.90. The molecular formula is C34H38N2O6S. The second-order valence-electron chi connectivity index (χ2n) is 11.3. The first kappa shape index (κ1) is 30.4. The fourth-order valence-electron chi connectivity index (χ4n) is 6.11. The van der Waals surface area contributed by atoms with Gasteiger partial charge in [-0.2, -0.15) is 0 Å². The molecule has 2 N–H and O–H groups in total. The zero-order valence-corrected chi connectivity index (χ0v) is 25.5. The maximum absolute atomic E-state index is 12.6. The zero-order chi connectivity index (χ0) is 30.6. The number of fused-ring (bicyclic) bond motifs is 1. The molecule has 0 radical (unpaired) electrons. The number of methoxy groups -OCH3 is 2. The van der Waals surface area contributed by atoms with Crippen LogP contribution in [0, 0.1) is 18.8 Å². The largest absolute Gasteiger partial charge is 0.496 e. The molecule has 0 spiro atoms. The smallest absolute Gasteiger partial charge is 0.264 e. The van der Waals surface area contributed by atoms with Gasteiger partial charge in [0.2, 0.25) is 5.91 Å². The molecule has 43 heavy (non-hydrogen) atoms. The number of benzene rings is 3. The van der Waals surface area contributed by atoms with Crippen molar-refractivity contribution < 1.29 is 27.8 Å². The van der Waals surface area contributed by atoms with Crippen LogP contribution in [0.25, 0.3) is 0 Å². The van der Waals surface area contributed by atoms with Gasteiger partial charge >= 0.3 is 0 Å². The predicted molar refractivity (Wildman–Crippen MR) is 165 cm³/mol. The Morgan fingerprint density at radius 2 is 1.58 bits per heavy atom. The monoisotopic (exact) mass is 602 g/mol. The van der Waals surface area contributed by atoms with Gasteiger partial charge in [-0.15, -0.1) is 0 Å². The fourth-order valence-corrected chi connectivity index (χ4v) is 7.11. The van der Waals surface area contributed by atoms with E-state index >= 15 is 0 Å². The number of nitrogens with one attached hydrogen (secondary N) is 1. The second-order valence-corrected chi connectivity index (χ2v) is 13.0. The Bertz CT molecular complexity index is 1630. The molecule has 0 aliphatic heterocycles. The van der Waals surface area contributed by atoms with E-state index in [1.807, 2.05) is 42.1 Å². The Morgan fingerprint density at radius 1 is 0.977 bits per heavy atom. The van der Waals surface area contributed by atoms with E-state index in [0.717, 1.165) is 30.4 Å². The first-order valence-corrected chi connectivity index (χ1v) is 15.9. The van der Waals surface area contributed by atoms with Crippen molar-refractivity contribution in [2.24, 2.45) is 11.8 Å². The van der Waals surface area contributed by atoms with Gasteiger partial charge in [0, 0.05) is 30.4 Å². The van der Waals surface area contributed by atoms with Crippen LogP contribution in [0.5, 0.6) is 11.5 Å². The molecule has 0 unspecified atom stereocenters. The molecule has 1 aliphatic rings. The highest BCUT2D eigenvalue weighted by atomic mass is 32.2. The van der Waals surface area contributed by atoms with Crippen LogP contribution in [0.1, 0.15) is 40.3 Å². The van der Waals surface area contributed by atoms with E-state index in [2.05, 4.69) is 29.0 Å². The molecule has 1 aromatic heterocycles. The van der Waals surface area contributed by atoms with Crippen molar-refractivity contribution in [3.8, 4) is 11.5 Å². The van der Waals surface area contributed by atoms with Gasteiger partial charge in [-0.25, -0.2) is 13.1 Å². The van der Waals surface area contributed by atoms with E-state index in [4.69, 9.17) is 9.47 Å². The van der Waals surface area contributed by atoms with E-state index in [0.29, 0.717) is 29.5 Å². The Hall–Kier alpha value is -4.08. The third kappa shape index (κ3) is 7.12. The average Bonchev–Trinajstić information content (AvgIpc) is 3.62. The van der Waals surface area contributed by atoms with Gasteiger partial charge in [-0.05, 0) is 84.7 Å². The van der Waals surface area contributed by atoms with Crippen LogP contribution in [0.4, 0.5) is 0 Å². The third-order valence-corrected chi connectivity index (χ3v) is 9.65. The van der Waals surface area contributed by atoms with Gasteiger partial charge in [0.25, 0.3) is 10.0 Å². The normalized spacial score (nSPS) is 14.6. The molecule has 8 nitrogen and oxygen atoms in total. The summed E-state index contributed by atoms with van der Waals surface area (Å²) in [5.41, 5.74) is 4.99. The van der Waals surface area contributed by atoms with Crippen molar-refractivity contribution in [3.63, 3.8) is 0 Å². The molecule has 0 saturated carbocycles. The van der Waals surface area contributed by atoms with Crippen LogP contribution in [0.2, 0.25) is 0 Å². The molecular weight excluding hydrogens is 564 g/mol. The molecule has 1 aliphatic carbocycles. The number of aliphatic hydroxyl groups is 1. The number of carbonyl (C=O) groups is 1. The lowest BCUT2D eigenvalue weighted by atomic mass is 9.85. The van der Waals surface area contributed by atoms with Crippen LogP contribution >= 0.6 is 0 Å². The van der Waals surface area contributed by atoms with E-state index in [-0.39, 0.29) is 17.2 Å². The van der Waals surface area contributed by atoms with Crippen molar-refractivity contribution in [2.75, 3.05) is 14.2 Å². The zero-order valence-electron chi connectivity index (χ0n) is 24.7. The summed E-state index contributed by atoms with van der Waals surface area (Å²) in [6.45, 7) is 2.43. The van der Waals surface area contributed by atoms with Crippen molar-refractivity contribution in [3.05, 3.63) is 113 Å². The number of amides is 1. The summed E-state index contributed by atoms with van der Waals surface area (Å²) in [5.74, 6) is 0.931. The lowest BCUT2D eigenvalue weighted by Crippen LogP contribution is -2.31. The Balaban J connectivity index is 1.33. The molecule has 226 valence electrons. The third-order valence-electron chi connectivity index (χ3n) is 8.26. The standard InChI is InChI=1S/C34H38N2O6S/c1-23-31(41-2)19-28(20-32(23)42-3)34(38)29(17-25-15-26-9-7-8-10-27(26)16-25)22-36-14-13-24(21-36)18-33(37)35-43(39,40)30-11-5-4-6-12-30/h4-14,19-21,25,29,34,38H,15-18,22H2,1-3H3,(H,35,37)/t29-,34-/m1/s1. The Labute approximate surface area is 253 Å². The van der Waals surface area contributed by atoms with Crippen molar-refractivity contribution >= 4 is 15.9 Å². The number of sulfonamides is 1. The molecule has 1 amide bonds.